The van der Waals surface area contributed by atoms with Crippen LogP contribution < -0.4 is 0 Å². The van der Waals surface area contributed by atoms with Crippen LogP contribution in [0.2, 0.25) is 0 Å². The number of hydrogen-bond donors (Lipinski definition) is 1. The van der Waals surface area contributed by atoms with Crippen LogP contribution >= 0.6 is 0 Å². The number of aliphatic hydroxyl groups is 1. The van der Waals surface area contributed by atoms with Gasteiger partial charge in [-0.05, 0) is 31.6 Å². The molecule has 1 heteroatoms. The first kappa shape index (κ1) is 3.90. The molecule has 2 fully saturated rings. The molecular weight excluding hydrogens is 88.1 g/mol. The largest absolute Gasteiger partial charge is 0.390 e. The van der Waals surface area contributed by atoms with Gasteiger partial charge in [-0.2, -0.15) is 0 Å². The van der Waals surface area contributed by atoms with Gasteiger partial charge < -0.3 is 5.11 Å². The maximum absolute atomic E-state index is 9.27. The van der Waals surface area contributed by atoms with Gasteiger partial charge >= 0.3 is 0 Å². The van der Waals surface area contributed by atoms with Crippen molar-refractivity contribution in [2.24, 2.45) is 5.92 Å². The molecule has 0 radical (unpaired) electrons. The highest BCUT2D eigenvalue weighted by atomic mass is 16.3. The Morgan fingerprint density at radius 2 is 1.71 bits per heavy atom. The zero-order valence-corrected chi connectivity index (χ0v) is 4.35. The van der Waals surface area contributed by atoms with E-state index in [4.69, 9.17) is 0 Å². The SMILES string of the molecule is OC12CCC1CC2. The molecule has 2 rings (SSSR count). The van der Waals surface area contributed by atoms with Crippen molar-refractivity contribution in [3.8, 4) is 0 Å². The normalized spacial score (nSPS) is 57.0. The van der Waals surface area contributed by atoms with Crippen molar-refractivity contribution < 1.29 is 5.11 Å². The molecule has 1 N–H and O–H groups in total. The third-order valence-corrected chi connectivity index (χ3v) is 2.61. The van der Waals surface area contributed by atoms with Gasteiger partial charge in [0.1, 0.15) is 0 Å². The fourth-order valence-corrected chi connectivity index (χ4v) is 1.63. The van der Waals surface area contributed by atoms with E-state index in [1.54, 1.807) is 0 Å². The fraction of sp³-hybridized carbons (Fsp3) is 1.00. The van der Waals surface area contributed by atoms with Gasteiger partial charge in [-0.15, -0.1) is 0 Å². The maximum atomic E-state index is 9.27. The lowest BCUT2D eigenvalue weighted by molar-refractivity contribution is -0.166. The molecule has 0 aromatic carbocycles. The van der Waals surface area contributed by atoms with Crippen LogP contribution in [0.4, 0.5) is 0 Å². The quantitative estimate of drug-likeness (QED) is 0.477. The summed E-state index contributed by atoms with van der Waals surface area (Å²) in [6, 6.07) is 0. The molecule has 0 amide bonds. The molecule has 0 saturated heterocycles. The van der Waals surface area contributed by atoms with E-state index < -0.39 is 0 Å². The van der Waals surface area contributed by atoms with E-state index in [1.807, 2.05) is 0 Å². The van der Waals surface area contributed by atoms with Crippen LogP contribution in [0.25, 0.3) is 0 Å². The van der Waals surface area contributed by atoms with Crippen molar-refractivity contribution in [1.82, 2.24) is 0 Å². The van der Waals surface area contributed by atoms with E-state index in [0.717, 1.165) is 12.8 Å². The summed E-state index contributed by atoms with van der Waals surface area (Å²) in [6.45, 7) is 0. The minimum atomic E-state index is -0.139. The van der Waals surface area contributed by atoms with Crippen molar-refractivity contribution in [2.45, 2.75) is 31.3 Å². The lowest BCUT2D eigenvalue weighted by Crippen LogP contribution is -2.54. The molecule has 7 heavy (non-hydrogen) atoms. The molecule has 0 unspecified atom stereocenters. The smallest absolute Gasteiger partial charge is 0.0676 e. The van der Waals surface area contributed by atoms with Crippen LogP contribution in [-0.2, 0) is 0 Å². The molecule has 0 aromatic heterocycles. The van der Waals surface area contributed by atoms with E-state index in [0.29, 0.717) is 5.92 Å². The van der Waals surface area contributed by atoms with Crippen LogP contribution in [0.15, 0.2) is 0 Å². The summed E-state index contributed by atoms with van der Waals surface area (Å²) in [4.78, 5) is 0. The second-order valence-corrected chi connectivity index (χ2v) is 2.88. The fourth-order valence-electron chi connectivity index (χ4n) is 1.63. The Morgan fingerprint density at radius 3 is 1.71 bits per heavy atom. The van der Waals surface area contributed by atoms with Crippen LogP contribution in [0.5, 0.6) is 0 Å². The predicted octanol–water partition coefficient (Wildman–Crippen LogP) is 0.921. The lowest BCUT2D eigenvalue weighted by Gasteiger charge is -2.54. The minimum Gasteiger partial charge on any atom is -0.390 e. The van der Waals surface area contributed by atoms with Gasteiger partial charge in [0.15, 0.2) is 0 Å². The first-order chi connectivity index (χ1) is 3.31. The van der Waals surface area contributed by atoms with E-state index in [-0.39, 0.29) is 5.60 Å². The van der Waals surface area contributed by atoms with Crippen molar-refractivity contribution in [2.75, 3.05) is 0 Å². The summed E-state index contributed by atoms with van der Waals surface area (Å²) >= 11 is 0. The van der Waals surface area contributed by atoms with Crippen molar-refractivity contribution in [3.63, 3.8) is 0 Å². The van der Waals surface area contributed by atoms with Crippen LogP contribution in [-0.4, -0.2) is 10.7 Å². The first-order valence-corrected chi connectivity index (χ1v) is 3.04. The second kappa shape index (κ2) is 0.873. The molecule has 2 aliphatic carbocycles. The van der Waals surface area contributed by atoms with E-state index >= 15 is 0 Å². The zero-order valence-electron chi connectivity index (χ0n) is 4.35. The molecule has 0 bridgehead atoms. The van der Waals surface area contributed by atoms with Crippen LogP contribution in [0.1, 0.15) is 25.7 Å². The van der Waals surface area contributed by atoms with Crippen LogP contribution in [0.3, 0.4) is 0 Å². The Labute approximate surface area is 43.3 Å². The second-order valence-electron chi connectivity index (χ2n) is 2.88. The molecule has 0 spiro atoms. The molecule has 2 saturated carbocycles. The molecule has 0 aromatic rings. The van der Waals surface area contributed by atoms with Crippen LogP contribution in [0, 0.1) is 5.92 Å². The first-order valence-electron chi connectivity index (χ1n) is 3.04. The monoisotopic (exact) mass is 98.1 g/mol. The summed E-state index contributed by atoms with van der Waals surface area (Å²) in [5, 5.41) is 9.27. The minimum absolute atomic E-state index is 0.139. The predicted molar refractivity (Wildman–Crippen MR) is 26.9 cm³/mol. The summed E-state index contributed by atoms with van der Waals surface area (Å²) < 4.78 is 0. The van der Waals surface area contributed by atoms with Gasteiger partial charge in [0.25, 0.3) is 0 Å². The standard InChI is InChI=1S/C6H10O/c7-6-3-1-5(6)2-4-6/h5,7H,1-4H2. The van der Waals surface area contributed by atoms with Gasteiger partial charge in [0.05, 0.1) is 5.60 Å². The molecule has 0 aliphatic heterocycles. The Kier molecular flexibility index (Phi) is 0.487. The van der Waals surface area contributed by atoms with Gasteiger partial charge in [0, 0.05) is 0 Å². The molecular formula is C6H10O. The Bertz CT molecular complexity index is 90.4. The van der Waals surface area contributed by atoms with Gasteiger partial charge in [-0.1, -0.05) is 0 Å². The number of fused-ring (bicyclic) bond motifs is 1. The van der Waals surface area contributed by atoms with Crippen molar-refractivity contribution in [1.29, 1.82) is 0 Å². The Morgan fingerprint density at radius 1 is 1.29 bits per heavy atom. The van der Waals surface area contributed by atoms with E-state index in [1.165, 1.54) is 12.8 Å². The molecule has 1 nitrogen and oxygen atoms in total. The Hall–Kier alpha value is -0.0400. The number of rotatable bonds is 0. The average molecular weight is 98.1 g/mol. The van der Waals surface area contributed by atoms with E-state index in [9.17, 15) is 5.11 Å². The highest BCUT2D eigenvalue weighted by Gasteiger charge is 2.51. The molecule has 0 atom stereocenters. The van der Waals surface area contributed by atoms with Gasteiger partial charge in [-0.3, -0.25) is 0 Å². The zero-order chi connectivity index (χ0) is 4.91. The summed E-state index contributed by atoms with van der Waals surface area (Å²) in [6.07, 6.45) is 4.74. The Balaban J connectivity index is 2.12. The summed E-state index contributed by atoms with van der Waals surface area (Å²) in [5.41, 5.74) is -0.139. The molecule has 2 aliphatic rings. The highest BCUT2D eigenvalue weighted by molar-refractivity contribution is 5.04. The summed E-state index contributed by atoms with van der Waals surface area (Å²) in [5.74, 6) is 0.715. The molecule has 0 heterocycles. The van der Waals surface area contributed by atoms with Gasteiger partial charge in [-0.25, -0.2) is 0 Å². The third kappa shape index (κ3) is 0.290. The third-order valence-electron chi connectivity index (χ3n) is 2.61. The molecule has 40 valence electrons. The number of hydrogen-bond acceptors (Lipinski definition) is 1. The van der Waals surface area contributed by atoms with E-state index in [2.05, 4.69) is 0 Å². The topological polar surface area (TPSA) is 20.2 Å². The lowest BCUT2D eigenvalue weighted by atomic mass is 9.56. The highest BCUT2D eigenvalue weighted by Crippen LogP contribution is 2.53. The maximum Gasteiger partial charge on any atom is 0.0676 e. The van der Waals surface area contributed by atoms with Crippen molar-refractivity contribution in [3.05, 3.63) is 0 Å². The summed E-state index contributed by atoms with van der Waals surface area (Å²) in [7, 11) is 0. The van der Waals surface area contributed by atoms with Gasteiger partial charge in [0.2, 0.25) is 0 Å². The average Bonchev–Trinajstić information content (AvgIpc) is 1.67. The van der Waals surface area contributed by atoms with Crippen molar-refractivity contribution >= 4 is 0 Å².